The van der Waals surface area contributed by atoms with Gasteiger partial charge in [-0.2, -0.15) is 0 Å². The van der Waals surface area contributed by atoms with Gasteiger partial charge in [0.1, 0.15) is 6.10 Å². The van der Waals surface area contributed by atoms with Gasteiger partial charge in [-0.05, 0) is 25.1 Å². The van der Waals surface area contributed by atoms with Gasteiger partial charge in [0.25, 0.3) is 5.91 Å². The molecular formula is C12H14N2O3S. The molecule has 2 N–H and O–H groups in total. The fraction of sp³-hybridized carbons (Fsp3) is 0.333. The van der Waals surface area contributed by atoms with E-state index in [1.807, 2.05) is 6.07 Å². The fourth-order valence-corrected chi connectivity index (χ4v) is 2.48. The smallest absolute Gasteiger partial charge is 0.255 e. The molecule has 1 heterocycles. The number of fused-ring (bicyclic) bond motifs is 1. The Morgan fingerprint density at radius 2 is 2.28 bits per heavy atom. The van der Waals surface area contributed by atoms with E-state index in [9.17, 15) is 14.7 Å². The topological polar surface area (TPSA) is 69.6 Å². The molecule has 1 aromatic rings. The molecule has 96 valence electrons. The summed E-state index contributed by atoms with van der Waals surface area (Å²) in [5.74, 6) is -0.0201. The maximum Gasteiger partial charge on any atom is 0.255 e. The molecule has 18 heavy (non-hydrogen) atoms. The Balaban J connectivity index is 2.28. The molecule has 2 amide bonds. The monoisotopic (exact) mass is 266 g/mol. The van der Waals surface area contributed by atoms with Crippen LogP contribution < -0.4 is 10.2 Å². The van der Waals surface area contributed by atoms with Gasteiger partial charge in [0.2, 0.25) is 5.91 Å². The van der Waals surface area contributed by atoms with Crippen molar-refractivity contribution >= 4 is 35.0 Å². The van der Waals surface area contributed by atoms with Gasteiger partial charge in [-0.15, -0.1) is 11.8 Å². The van der Waals surface area contributed by atoms with Gasteiger partial charge in [0.15, 0.2) is 0 Å². The first-order valence-electron chi connectivity index (χ1n) is 5.51. The van der Waals surface area contributed by atoms with Crippen molar-refractivity contribution in [1.82, 2.24) is 0 Å². The van der Waals surface area contributed by atoms with Gasteiger partial charge in [-0.3, -0.25) is 9.59 Å². The van der Waals surface area contributed by atoms with Crippen LogP contribution in [0.1, 0.15) is 6.92 Å². The van der Waals surface area contributed by atoms with E-state index in [1.54, 1.807) is 19.2 Å². The average Bonchev–Trinajstić information content (AvgIpc) is 2.35. The summed E-state index contributed by atoms with van der Waals surface area (Å²) in [6, 6.07) is 5.39. The Morgan fingerprint density at radius 1 is 1.56 bits per heavy atom. The number of rotatable bonds is 2. The molecule has 0 fully saturated rings. The van der Waals surface area contributed by atoms with Crippen molar-refractivity contribution in [2.45, 2.75) is 17.9 Å². The second-order valence-corrected chi connectivity index (χ2v) is 5.11. The van der Waals surface area contributed by atoms with Gasteiger partial charge in [0, 0.05) is 17.6 Å². The molecule has 0 aromatic heterocycles. The molecule has 0 saturated carbocycles. The van der Waals surface area contributed by atoms with Crippen molar-refractivity contribution in [2.75, 3.05) is 23.0 Å². The highest BCUT2D eigenvalue weighted by Gasteiger charge is 2.20. The Labute approximate surface area is 109 Å². The standard InChI is InChI=1S/C12H14N2O3S/c1-7(15)12(17)14(2)8-3-4-10-9(5-8)13-11(16)6-18-10/h3-5,7,15H,6H2,1-2H3,(H,13,16). The quantitative estimate of drug-likeness (QED) is 0.840. The van der Waals surface area contributed by atoms with Crippen molar-refractivity contribution in [1.29, 1.82) is 0 Å². The molecule has 0 aliphatic carbocycles. The number of aliphatic hydroxyl groups excluding tert-OH is 1. The predicted molar refractivity (Wildman–Crippen MR) is 70.9 cm³/mol. The second-order valence-electron chi connectivity index (χ2n) is 4.09. The summed E-state index contributed by atoms with van der Waals surface area (Å²) in [7, 11) is 1.59. The van der Waals surface area contributed by atoms with Crippen LogP contribution in [-0.4, -0.2) is 35.8 Å². The van der Waals surface area contributed by atoms with Crippen LogP contribution in [-0.2, 0) is 9.59 Å². The molecule has 0 saturated heterocycles. The van der Waals surface area contributed by atoms with Crippen LogP contribution in [0.5, 0.6) is 0 Å². The molecule has 0 bridgehead atoms. The predicted octanol–water partition coefficient (Wildman–Crippen LogP) is 1.07. The van der Waals surface area contributed by atoms with Crippen LogP contribution in [0.25, 0.3) is 0 Å². The van der Waals surface area contributed by atoms with Crippen molar-refractivity contribution in [3.8, 4) is 0 Å². The first kappa shape index (κ1) is 12.9. The van der Waals surface area contributed by atoms with Crippen LogP contribution in [0.3, 0.4) is 0 Å². The van der Waals surface area contributed by atoms with Gasteiger partial charge in [-0.1, -0.05) is 0 Å². The van der Waals surface area contributed by atoms with E-state index in [-0.39, 0.29) is 11.8 Å². The summed E-state index contributed by atoms with van der Waals surface area (Å²) in [6.07, 6.45) is -1.05. The first-order valence-corrected chi connectivity index (χ1v) is 6.50. The number of amides is 2. The molecule has 1 aliphatic rings. The number of nitrogens with zero attached hydrogens (tertiary/aromatic N) is 1. The lowest BCUT2D eigenvalue weighted by atomic mass is 10.2. The molecule has 0 radical (unpaired) electrons. The number of carbonyl (C=O) groups is 2. The third-order valence-corrected chi connectivity index (χ3v) is 3.74. The number of carbonyl (C=O) groups excluding carboxylic acids is 2. The number of benzene rings is 1. The van der Waals surface area contributed by atoms with Gasteiger partial charge in [-0.25, -0.2) is 0 Å². The minimum absolute atomic E-state index is 0.0471. The summed E-state index contributed by atoms with van der Waals surface area (Å²) in [5.41, 5.74) is 1.35. The fourth-order valence-electron chi connectivity index (χ4n) is 1.69. The lowest BCUT2D eigenvalue weighted by Gasteiger charge is -2.22. The number of nitrogens with one attached hydrogen (secondary N) is 1. The number of aliphatic hydroxyl groups is 1. The van der Waals surface area contributed by atoms with Gasteiger partial charge in [0.05, 0.1) is 11.4 Å². The van der Waals surface area contributed by atoms with Crippen LogP contribution in [0.2, 0.25) is 0 Å². The van der Waals surface area contributed by atoms with Crippen LogP contribution >= 0.6 is 11.8 Å². The minimum Gasteiger partial charge on any atom is -0.384 e. The molecule has 1 aliphatic heterocycles. The van der Waals surface area contributed by atoms with Crippen LogP contribution in [0.15, 0.2) is 23.1 Å². The Bertz CT molecular complexity index is 502. The van der Waals surface area contributed by atoms with E-state index in [4.69, 9.17) is 0 Å². The highest BCUT2D eigenvalue weighted by molar-refractivity contribution is 8.00. The third-order valence-electron chi connectivity index (χ3n) is 2.67. The van der Waals surface area contributed by atoms with Crippen LogP contribution in [0.4, 0.5) is 11.4 Å². The molecular weight excluding hydrogens is 252 g/mol. The third kappa shape index (κ3) is 2.49. The highest BCUT2D eigenvalue weighted by Crippen LogP contribution is 2.34. The molecule has 2 rings (SSSR count). The lowest BCUT2D eigenvalue weighted by Crippen LogP contribution is -2.34. The average molecular weight is 266 g/mol. The zero-order valence-electron chi connectivity index (χ0n) is 10.1. The molecule has 1 unspecified atom stereocenters. The van der Waals surface area contributed by atoms with E-state index >= 15 is 0 Å². The normalized spacial score (nSPS) is 15.6. The summed E-state index contributed by atoms with van der Waals surface area (Å²) >= 11 is 1.47. The zero-order valence-corrected chi connectivity index (χ0v) is 11.0. The highest BCUT2D eigenvalue weighted by atomic mass is 32.2. The number of anilines is 2. The molecule has 5 nitrogen and oxygen atoms in total. The summed E-state index contributed by atoms with van der Waals surface area (Å²) < 4.78 is 0. The van der Waals surface area contributed by atoms with Crippen molar-refractivity contribution in [3.63, 3.8) is 0 Å². The van der Waals surface area contributed by atoms with E-state index in [0.717, 1.165) is 4.90 Å². The summed E-state index contributed by atoms with van der Waals surface area (Å²) in [4.78, 5) is 25.3. The summed E-state index contributed by atoms with van der Waals surface area (Å²) in [5, 5.41) is 12.0. The largest absolute Gasteiger partial charge is 0.384 e. The van der Waals surface area contributed by atoms with Crippen LogP contribution in [0, 0.1) is 0 Å². The Hall–Kier alpha value is -1.53. The number of hydrogen-bond acceptors (Lipinski definition) is 4. The second kappa shape index (κ2) is 4.99. The van der Waals surface area contributed by atoms with E-state index < -0.39 is 6.10 Å². The van der Waals surface area contributed by atoms with Crippen molar-refractivity contribution in [3.05, 3.63) is 18.2 Å². The first-order chi connectivity index (χ1) is 8.49. The van der Waals surface area contributed by atoms with Crippen molar-refractivity contribution in [2.24, 2.45) is 0 Å². The SMILES string of the molecule is CC(O)C(=O)N(C)c1ccc2c(c1)NC(=O)CS2. The zero-order chi connectivity index (χ0) is 13.3. The maximum atomic E-state index is 11.7. The molecule has 1 atom stereocenters. The molecule has 6 heteroatoms. The van der Waals surface area contributed by atoms with Gasteiger partial charge >= 0.3 is 0 Å². The number of hydrogen-bond donors (Lipinski definition) is 2. The number of likely N-dealkylation sites (N-methyl/N-ethyl adjacent to an activating group) is 1. The summed E-state index contributed by atoms with van der Waals surface area (Å²) in [6.45, 7) is 1.43. The molecule has 1 aromatic carbocycles. The minimum atomic E-state index is -1.05. The van der Waals surface area contributed by atoms with Gasteiger partial charge < -0.3 is 15.3 Å². The lowest BCUT2D eigenvalue weighted by molar-refractivity contribution is -0.125. The van der Waals surface area contributed by atoms with E-state index in [0.29, 0.717) is 17.1 Å². The molecule has 0 spiro atoms. The maximum absolute atomic E-state index is 11.7. The number of thioether (sulfide) groups is 1. The Kier molecular flexibility index (Phi) is 3.58. The Morgan fingerprint density at radius 3 is 2.94 bits per heavy atom. The van der Waals surface area contributed by atoms with Crippen molar-refractivity contribution < 1.29 is 14.7 Å². The van der Waals surface area contributed by atoms with E-state index in [1.165, 1.54) is 23.6 Å². The van der Waals surface area contributed by atoms with E-state index in [2.05, 4.69) is 5.32 Å².